The monoisotopic (exact) mass is 518 g/mol. The molecule has 1 amide bonds. The smallest absolute Gasteiger partial charge is 0.365 e. The first-order chi connectivity index (χ1) is 17.4. The Balaban J connectivity index is 2.64. The van der Waals surface area contributed by atoms with E-state index in [-0.39, 0.29) is 24.0 Å². The quantitative estimate of drug-likeness (QED) is 0.0698. The fraction of sp³-hybridized carbons (Fsp3) is 0.700. The SMILES string of the molecule is CCCCCCCCCCCCS/C(=N\N(C)C(=O)Cc1c(CC)cc(C)cc1CC)C(=O)OCC. The molecular weight excluding hydrogens is 468 g/mol. The van der Waals surface area contributed by atoms with Gasteiger partial charge in [0.2, 0.25) is 11.0 Å². The number of rotatable bonds is 17. The van der Waals surface area contributed by atoms with E-state index in [2.05, 4.69) is 44.9 Å². The van der Waals surface area contributed by atoms with Gasteiger partial charge in [-0.05, 0) is 55.6 Å². The van der Waals surface area contributed by atoms with Crippen LogP contribution < -0.4 is 0 Å². The fourth-order valence-electron chi connectivity index (χ4n) is 4.37. The van der Waals surface area contributed by atoms with Crippen molar-refractivity contribution in [3.8, 4) is 0 Å². The molecule has 1 aromatic rings. The minimum absolute atomic E-state index is 0.121. The molecule has 0 heterocycles. The second-order valence-electron chi connectivity index (χ2n) is 9.52. The summed E-state index contributed by atoms with van der Waals surface area (Å²) in [5.41, 5.74) is 4.73. The van der Waals surface area contributed by atoms with E-state index in [0.717, 1.165) is 37.0 Å². The first-order valence-electron chi connectivity index (χ1n) is 14.1. The number of hydrogen-bond acceptors (Lipinski definition) is 5. The molecular formula is C30H50N2O3S. The van der Waals surface area contributed by atoms with E-state index in [0.29, 0.717) is 0 Å². The Bertz CT molecular complexity index is 797. The van der Waals surface area contributed by atoms with E-state index < -0.39 is 5.97 Å². The highest BCUT2D eigenvalue weighted by molar-refractivity contribution is 8.15. The predicted molar refractivity (Wildman–Crippen MR) is 155 cm³/mol. The average molecular weight is 519 g/mol. The summed E-state index contributed by atoms with van der Waals surface area (Å²) in [7, 11) is 1.63. The first kappa shape index (κ1) is 32.2. The summed E-state index contributed by atoms with van der Waals surface area (Å²) in [6.45, 7) is 10.7. The van der Waals surface area contributed by atoms with Gasteiger partial charge in [0.15, 0.2) is 0 Å². The standard InChI is InChI=1S/C30H50N2O3S/c1-7-11-12-13-14-15-16-17-18-19-20-36-29(30(34)35-10-4)31-32(6)28(33)23-27-25(8-2)21-24(5)22-26(27)9-3/h21-22H,7-20,23H2,1-6H3/b31-29-. The molecule has 0 bridgehead atoms. The van der Waals surface area contributed by atoms with Crippen molar-refractivity contribution in [1.29, 1.82) is 0 Å². The largest absolute Gasteiger partial charge is 0.461 e. The van der Waals surface area contributed by atoms with Gasteiger partial charge in [0, 0.05) is 7.05 Å². The number of carbonyl (C=O) groups excluding carboxylic acids is 2. The molecule has 1 aromatic carbocycles. The van der Waals surface area contributed by atoms with Crippen molar-refractivity contribution in [1.82, 2.24) is 5.01 Å². The van der Waals surface area contributed by atoms with Gasteiger partial charge in [0.1, 0.15) is 0 Å². The molecule has 0 saturated carbocycles. The third-order valence-corrected chi connectivity index (χ3v) is 7.47. The highest BCUT2D eigenvalue weighted by Gasteiger charge is 2.19. The maximum atomic E-state index is 13.1. The van der Waals surface area contributed by atoms with Crippen LogP contribution in [-0.4, -0.2) is 41.3 Å². The molecule has 0 aromatic heterocycles. The third-order valence-electron chi connectivity index (χ3n) is 6.46. The Morgan fingerprint density at radius 1 is 0.861 bits per heavy atom. The number of amides is 1. The zero-order valence-corrected chi connectivity index (χ0v) is 24.6. The molecule has 0 atom stereocenters. The molecule has 0 saturated heterocycles. The summed E-state index contributed by atoms with van der Waals surface area (Å²) in [6.07, 6.45) is 14.8. The van der Waals surface area contributed by atoms with Gasteiger partial charge in [-0.1, -0.05) is 108 Å². The van der Waals surface area contributed by atoms with Crippen LogP contribution in [0.5, 0.6) is 0 Å². The highest BCUT2D eigenvalue weighted by Crippen LogP contribution is 2.21. The van der Waals surface area contributed by atoms with Crippen LogP contribution in [0, 0.1) is 6.92 Å². The summed E-state index contributed by atoms with van der Waals surface area (Å²) in [6, 6.07) is 4.33. The summed E-state index contributed by atoms with van der Waals surface area (Å²) in [5.74, 6) is 0.228. The van der Waals surface area contributed by atoms with Crippen LogP contribution in [0.15, 0.2) is 17.2 Å². The van der Waals surface area contributed by atoms with E-state index in [9.17, 15) is 9.59 Å². The lowest BCUT2D eigenvalue weighted by Crippen LogP contribution is -2.27. The normalized spacial score (nSPS) is 11.6. The Morgan fingerprint density at radius 3 is 1.89 bits per heavy atom. The molecule has 0 aliphatic rings. The van der Waals surface area contributed by atoms with Crippen LogP contribution >= 0.6 is 11.8 Å². The van der Waals surface area contributed by atoms with E-state index in [1.165, 1.54) is 84.8 Å². The number of likely N-dealkylation sites (N-methyl/N-ethyl adjacent to an activating group) is 1. The van der Waals surface area contributed by atoms with Crippen molar-refractivity contribution < 1.29 is 14.3 Å². The molecule has 6 heteroatoms. The minimum Gasteiger partial charge on any atom is -0.461 e. The second-order valence-corrected chi connectivity index (χ2v) is 10.6. The van der Waals surface area contributed by atoms with Crippen molar-refractivity contribution in [3.63, 3.8) is 0 Å². The molecule has 0 spiro atoms. The summed E-state index contributed by atoms with van der Waals surface area (Å²) >= 11 is 1.40. The van der Waals surface area contributed by atoms with Crippen molar-refractivity contribution in [2.75, 3.05) is 19.4 Å². The number of ether oxygens (including phenoxy) is 1. The van der Waals surface area contributed by atoms with Gasteiger partial charge in [-0.25, -0.2) is 9.80 Å². The van der Waals surface area contributed by atoms with E-state index in [1.54, 1.807) is 14.0 Å². The number of thioether (sulfide) groups is 1. The van der Waals surface area contributed by atoms with Crippen molar-refractivity contribution in [3.05, 3.63) is 34.4 Å². The number of carbonyl (C=O) groups is 2. The second kappa shape index (κ2) is 19.3. The van der Waals surface area contributed by atoms with Crippen LogP contribution in [0.4, 0.5) is 0 Å². The molecule has 0 N–H and O–H groups in total. The molecule has 204 valence electrons. The molecule has 0 radical (unpaired) electrons. The van der Waals surface area contributed by atoms with Crippen LogP contribution in [0.3, 0.4) is 0 Å². The molecule has 36 heavy (non-hydrogen) atoms. The molecule has 0 fully saturated rings. The summed E-state index contributed by atoms with van der Waals surface area (Å²) in [4.78, 5) is 25.6. The maximum Gasteiger partial charge on any atom is 0.365 e. The molecule has 0 aliphatic carbocycles. The lowest BCUT2D eigenvalue weighted by atomic mass is 9.92. The number of aryl methyl sites for hydroxylation is 3. The molecule has 0 unspecified atom stereocenters. The van der Waals surface area contributed by atoms with E-state index >= 15 is 0 Å². The Hall–Kier alpha value is -1.82. The van der Waals surface area contributed by atoms with Crippen LogP contribution in [-0.2, 0) is 33.6 Å². The minimum atomic E-state index is -0.451. The number of hydrogen-bond donors (Lipinski definition) is 0. The van der Waals surface area contributed by atoms with Gasteiger partial charge >= 0.3 is 5.97 Å². The number of benzene rings is 1. The lowest BCUT2D eigenvalue weighted by Gasteiger charge is -2.18. The summed E-state index contributed by atoms with van der Waals surface area (Å²) in [5, 5.41) is 5.97. The van der Waals surface area contributed by atoms with Crippen molar-refractivity contribution in [2.45, 2.75) is 118 Å². The maximum absolute atomic E-state index is 13.1. The highest BCUT2D eigenvalue weighted by atomic mass is 32.2. The Labute approximate surface area is 224 Å². The third kappa shape index (κ3) is 12.4. The first-order valence-corrected chi connectivity index (χ1v) is 15.1. The van der Waals surface area contributed by atoms with Crippen LogP contribution in [0.25, 0.3) is 0 Å². The molecule has 0 aliphatic heterocycles. The number of nitrogens with zero attached hydrogens (tertiary/aromatic N) is 2. The van der Waals surface area contributed by atoms with Gasteiger partial charge in [-0.3, -0.25) is 4.79 Å². The molecule has 1 rings (SSSR count). The average Bonchev–Trinajstić information content (AvgIpc) is 2.86. The van der Waals surface area contributed by atoms with Gasteiger partial charge in [0.05, 0.1) is 13.0 Å². The number of hydrazone groups is 1. The van der Waals surface area contributed by atoms with Gasteiger partial charge < -0.3 is 4.74 Å². The number of unbranched alkanes of at least 4 members (excludes halogenated alkanes) is 9. The Morgan fingerprint density at radius 2 is 1.39 bits per heavy atom. The lowest BCUT2D eigenvalue weighted by molar-refractivity contribution is -0.134. The zero-order valence-electron chi connectivity index (χ0n) is 23.8. The van der Waals surface area contributed by atoms with Crippen LogP contribution in [0.2, 0.25) is 0 Å². The summed E-state index contributed by atoms with van der Waals surface area (Å²) < 4.78 is 5.21. The van der Waals surface area contributed by atoms with Gasteiger partial charge in [-0.2, -0.15) is 5.10 Å². The van der Waals surface area contributed by atoms with Gasteiger partial charge in [-0.15, -0.1) is 0 Å². The number of esters is 1. The van der Waals surface area contributed by atoms with Crippen molar-refractivity contribution >= 4 is 28.7 Å². The van der Waals surface area contributed by atoms with E-state index in [4.69, 9.17) is 4.74 Å². The predicted octanol–water partition coefficient (Wildman–Crippen LogP) is 7.65. The Kier molecular flexibility index (Phi) is 17.3. The van der Waals surface area contributed by atoms with Crippen molar-refractivity contribution in [2.24, 2.45) is 5.10 Å². The van der Waals surface area contributed by atoms with Gasteiger partial charge in [0.25, 0.3) is 0 Å². The zero-order chi connectivity index (χ0) is 26.8. The van der Waals surface area contributed by atoms with Crippen LogP contribution in [0.1, 0.15) is 114 Å². The fourth-order valence-corrected chi connectivity index (χ4v) is 5.27. The molecule has 5 nitrogen and oxygen atoms in total. The van der Waals surface area contributed by atoms with E-state index in [1.807, 2.05) is 0 Å². The topological polar surface area (TPSA) is 59.0 Å².